The molecule has 1 aromatic rings. The Kier molecular flexibility index (Phi) is 2.43. The highest BCUT2D eigenvalue weighted by molar-refractivity contribution is 6.30. The highest BCUT2D eigenvalue weighted by Gasteiger charge is 2.56. The number of nitrogens with one attached hydrogen (secondary N) is 1. The van der Waals surface area contributed by atoms with Crippen LogP contribution in [0, 0.1) is 5.92 Å². The second kappa shape index (κ2) is 4.14. The Labute approximate surface area is 129 Å². The van der Waals surface area contributed by atoms with Crippen molar-refractivity contribution in [1.82, 2.24) is 10.3 Å². The molecule has 3 saturated heterocycles. The van der Waals surface area contributed by atoms with Crippen LogP contribution in [0.5, 0.6) is 0 Å². The highest BCUT2D eigenvalue weighted by atomic mass is 35.5. The standard InChI is InChI=1S/C16H18ClN3O/c17-9-3-4-13-12(8-9)10-5-7-19-6-1-2-11-14(19)15(10)20(13)18-16(11)21/h3-4,8,10-11,14-15H,1-2,5-7H2,(H,18,21)/t10?,11-,14+,15?/m0/s1. The number of anilines is 1. The third-order valence-electron chi connectivity index (χ3n) is 5.80. The number of fused-ring (bicyclic) bond motifs is 3. The van der Waals surface area contributed by atoms with E-state index in [1.807, 2.05) is 6.07 Å². The Morgan fingerprint density at radius 3 is 2.95 bits per heavy atom. The first-order valence-corrected chi connectivity index (χ1v) is 8.25. The zero-order valence-corrected chi connectivity index (χ0v) is 12.5. The normalized spacial score (nSPS) is 37.0. The van der Waals surface area contributed by atoms with E-state index in [-0.39, 0.29) is 11.8 Å². The van der Waals surface area contributed by atoms with Gasteiger partial charge in [0.25, 0.3) is 0 Å². The summed E-state index contributed by atoms with van der Waals surface area (Å²) >= 11 is 6.21. The van der Waals surface area contributed by atoms with Crippen molar-refractivity contribution in [3.8, 4) is 0 Å². The highest BCUT2D eigenvalue weighted by Crippen LogP contribution is 2.51. The zero-order chi connectivity index (χ0) is 14.1. The molecule has 0 aliphatic carbocycles. The van der Waals surface area contributed by atoms with E-state index in [0.717, 1.165) is 43.1 Å². The van der Waals surface area contributed by atoms with Crippen molar-refractivity contribution in [3.05, 3.63) is 28.8 Å². The summed E-state index contributed by atoms with van der Waals surface area (Å²) in [6.45, 7) is 2.25. The molecule has 5 rings (SSSR count). The zero-order valence-electron chi connectivity index (χ0n) is 11.8. The van der Waals surface area contributed by atoms with Gasteiger partial charge in [0.05, 0.1) is 17.6 Å². The molecule has 1 amide bonds. The van der Waals surface area contributed by atoms with Crippen LogP contribution in [0.15, 0.2) is 18.2 Å². The van der Waals surface area contributed by atoms with Gasteiger partial charge in [0.2, 0.25) is 5.91 Å². The van der Waals surface area contributed by atoms with Crippen molar-refractivity contribution < 1.29 is 4.79 Å². The molecule has 5 heteroatoms. The maximum Gasteiger partial charge on any atom is 0.243 e. The van der Waals surface area contributed by atoms with Crippen LogP contribution in [0.3, 0.4) is 0 Å². The molecular weight excluding hydrogens is 286 g/mol. The largest absolute Gasteiger partial charge is 0.297 e. The van der Waals surface area contributed by atoms with Crippen LogP contribution in [0.2, 0.25) is 5.02 Å². The molecule has 4 atom stereocenters. The minimum Gasteiger partial charge on any atom is -0.297 e. The maximum absolute atomic E-state index is 12.5. The van der Waals surface area contributed by atoms with E-state index in [1.54, 1.807) is 0 Å². The van der Waals surface area contributed by atoms with Crippen LogP contribution < -0.4 is 10.4 Å². The van der Waals surface area contributed by atoms with Crippen molar-refractivity contribution in [2.24, 2.45) is 5.92 Å². The number of rotatable bonds is 0. The van der Waals surface area contributed by atoms with Crippen molar-refractivity contribution in [3.63, 3.8) is 0 Å². The predicted octanol–water partition coefficient (Wildman–Crippen LogP) is 2.14. The quantitative estimate of drug-likeness (QED) is 0.797. The predicted molar refractivity (Wildman–Crippen MR) is 81.3 cm³/mol. The van der Waals surface area contributed by atoms with Gasteiger partial charge >= 0.3 is 0 Å². The van der Waals surface area contributed by atoms with Gasteiger partial charge in [-0.15, -0.1) is 0 Å². The molecule has 4 aliphatic heterocycles. The fraction of sp³-hybridized carbons (Fsp3) is 0.562. The average molecular weight is 304 g/mol. The molecule has 4 nitrogen and oxygen atoms in total. The molecule has 3 fully saturated rings. The lowest BCUT2D eigenvalue weighted by Gasteiger charge is -2.54. The van der Waals surface area contributed by atoms with Gasteiger partial charge in [0, 0.05) is 17.0 Å². The van der Waals surface area contributed by atoms with Gasteiger partial charge in [-0.3, -0.25) is 20.1 Å². The summed E-state index contributed by atoms with van der Waals surface area (Å²) < 4.78 is 0. The molecule has 1 N–H and O–H groups in total. The molecule has 0 spiro atoms. The summed E-state index contributed by atoms with van der Waals surface area (Å²) in [5.74, 6) is 0.859. The molecule has 0 radical (unpaired) electrons. The van der Waals surface area contributed by atoms with E-state index in [1.165, 1.54) is 5.56 Å². The van der Waals surface area contributed by atoms with Crippen LogP contribution in [-0.4, -0.2) is 36.0 Å². The average Bonchev–Trinajstić information content (AvgIpc) is 2.80. The lowest BCUT2D eigenvalue weighted by molar-refractivity contribution is -0.134. The lowest BCUT2D eigenvalue weighted by atomic mass is 9.74. The molecule has 4 heterocycles. The van der Waals surface area contributed by atoms with E-state index in [0.29, 0.717) is 18.0 Å². The number of halogens is 1. The van der Waals surface area contributed by atoms with Gasteiger partial charge in [0.1, 0.15) is 0 Å². The smallest absolute Gasteiger partial charge is 0.243 e. The second-order valence-corrected chi connectivity index (χ2v) is 7.15. The molecule has 0 saturated carbocycles. The van der Waals surface area contributed by atoms with Gasteiger partial charge < -0.3 is 0 Å². The molecule has 0 aromatic heterocycles. The SMILES string of the molecule is O=C1NN2c3ccc(Cl)cc3C3CCN4CCC[C@H]1[C@@H]4C32. The summed E-state index contributed by atoms with van der Waals surface area (Å²) in [6, 6.07) is 6.84. The van der Waals surface area contributed by atoms with E-state index in [2.05, 4.69) is 27.5 Å². The van der Waals surface area contributed by atoms with Crippen LogP contribution >= 0.6 is 11.6 Å². The summed E-state index contributed by atoms with van der Waals surface area (Å²) in [5, 5.41) is 2.93. The van der Waals surface area contributed by atoms with Gasteiger partial charge in [-0.2, -0.15) is 0 Å². The fourth-order valence-electron chi connectivity index (χ4n) is 5.01. The number of nitrogens with zero attached hydrogens (tertiary/aromatic N) is 2. The summed E-state index contributed by atoms with van der Waals surface area (Å²) in [7, 11) is 0. The molecule has 21 heavy (non-hydrogen) atoms. The molecule has 0 bridgehead atoms. The molecule has 110 valence electrons. The topological polar surface area (TPSA) is 35.6 Å². The monoisotopic (exact) mass is 303 g/mol. The van der Waals surface area contributed by atoms with E-state index in [9.17, 15) is 4.79 Å². The number of carbonyl (C=O) groups excluding carboxylic acids is 1. The van der Waals surface area contributed by atoms with Gasteiger partial charge in [-0.1, -0.05) is 11.6 Å². The Morgan fingerprint density at radius 2 is 2.05 bits per heavy atom. The van der Waals surface area contributed by atoms with Crippen LogP contribution in [0.25, 0.3) is 0 Å². The lowest BCUT2D eigenvalue weighted by Crippen LogP contribution is -2.71. The Bertz CT molecular complexity index is 634. The maximum atomic E-state index is 12.5. The molecular formula is C16H18ClN3O. The summed E-state index contributed by atoms with van der Waals surface area (Å²) in [5.41, 5.74) is 5.63. The third-order valence-corrected chi connectivity index (χ3v) is 6.03. The molecule has 2 unspecified atom stereocenters. The summed E-state index contributed by atoms with van der Waals surface area (Å²) in [4.78, 5) is 15.1. The molecule has 1 aromatic carbocycles. The van der Waals surface area contributed by atoms with E-state index >= 15 is 0 Å². The Balaban J connectivity index is 1.66. The first-order chi connectivity index (χ1) is 10.2. The number of carbonyl (C=O) groups is 1. The number of hydrazine groups is 1. The minimum absolute atomic E-state index is 0.160. The van der Waals surface area contributed by atoms with Crippen molar-refractivity contribution >= 4 is 23.2 Å². The van der Waals surface area contributed by atoms with Gasteiger partial charge in [-0.05, 0) is 56.1 Å². The Hall–Kier alpha value is -1.26. The molecule has 4 aliphatic rings. The van der Waals surface area contributed by atoms with Crippen molar-refractivity contribution in [2.45, 2.75) is 37.3 Å². The number of piperidine rings is 2. The second-order valence-electron chi connectivity index (χ2n) is 6.71. The third kappa shape index (κ3) is 1.52. The van der Waals surface area contributed by atoms with Gasteiger partial charge in [0.15, 0.2) is 0 Å². The van der Waals surface area contributed by atoms with Crippen LogP contribution in [-0.2, 0) is 4.79 Å². The first-order valence-electron chi connectivity index (χ1n) is 7.87. The first kappa shape index (κ1) is 12.3. The number of hydrogen-bond acceptors (Lipinski definition) is 3. The number of hydrogen-bond donors (Lipinski definition) is 1. The van der Waals surface area contributed by atoms with Crippen LogP contribution in [0.4, 0.5) is 5.69 Å². The van der Waals surface area contributed by atoms with Crippen molar-refractivity contribution in [2.75, 3.05) is 18.1 Å². The Morgan fingerprint density at radius 1 is 1.14 bits per heavy atom. The van der Waals surface area contributed by atoms with Gasteiger partial charge in [-0.25, -0.2) is 0 Å². The number of amides is 1. The fourth-order valence-corrected chi connectivity index (χ4v) is 5.19. The van der Waals surface area contributed by atoms with Crippen LogP contribution in [0.1, 0.15) is 30.7 Å². The van der Waals surface area contributed by atoms with E-state index in [4.69, 9.17) is 11.6 Å². The van der Waals surface area contributed by atoms with Crippen molar-refractivity contribution in [1.29, 1.82) is 0 Å². The minimum atomic E-state index is 0.160. The summed E-state index contributed by atoms with van der Waals surface area (Å²) in [6.07, 6.45) is 3.33. The van der Waals surface area contributed by atoms with E-state index < -0.39 is 0 Å². The number of benzene rings is 1.